The van der Waals surface area contributed by atoms with Crippen molar-refractivity contribution in [2.75, 3.05) is 19.8 Å². The molecule has 154 valence electrons. The van der Waals surface area contributed by atoms with Crippen molar-refractivity contribution >= 4 is 29.9 Å². The summed E-state index contributed by atoms with van der Waals surface area (Å²) in [5.41, 5.74) is 1.60. The summed E-state index contributed by atoms with van der Waals surface area (Å²) in [4.78, 5) is 0.143. The largest absolute Gasteiger partial charge is 0.380 e. The molecule has 9 heteroatoms. The smallest absolute Gasteiger partial charge is 0.271 e. The van der Waals surface area contributed by atoms with E-state index < -0.39 is 19.2 Å². The van der Waals surface area contributed by atoms with Crippen LogP contribution in [0.25, 0.3) is 0 Å². The molecule has 0 saturated carbocycles. The summed E-state index contributed by atoms with van der Waals surface area (Å²) in [6.45, 7) is 5.16. The van der Waals surface area contributed by atoms with Crippen molar-refractivity contribution in [2.24, 2.45) is 5.41 Å². The summed E-state index contributed by atoms with van der Waals surface area (Å²) in [6.07, 6.45) is 0. The highest BCUT2D eigenvalue weighted by Crippen LogP contribution is 2.27. The van der Waals surface area contributed by atoms with Crippen molar-refractivity contribution in [2.45, 2.75) is 24.5 Å². The van der Waals surface area contributed by atoms with Crippen LogP contribution in [-0.2, 0) is 33.8 Å². The molecule has 6 nitrogen and oxygen atoms in total. The van der Waals surface area contributed by atoms with Crippen LogP contribution in [0.3, 0.4) is 0 Å². The van der Waals surface area contributed by atoms with E-state index in [0.717, 1.165) is 11.1 Å². The zero-order valence-electron chi connectivity index (χ0n) is 15.7. The van der Waals surface area contributed by atoms with Gasteiger partial charge >= 0.3 is 0 Å². The lowest BCUT2D eigenvalue weighted by atomic mass is 9.90. The molecule has 0 aromatic heterocycles. The molecule has 1 aliphatic heterocycles. The van der Waals surface area contributed by atoms with Gasteiger partial charge in [0, 0.05) is 16.1 Å². The third-order valence-electron chi connectivity index (χ3n) is 3.98. The van der Waals surface area contributed by atoms with E-state index in [1.54, 1.807) is 24.3 Å². The molecule has 0 radical (unpaired) electrons. The Labute approximate surface area is 171 Å². The molecule has 0 unspecified atom stereocenters. The molecule has 3 rings (SSSR count). The van der Waals surface area contributed by atoms with Crippen LogP contribution < -0.4 is 0 Å². The molecule has 1 fully saturated rings. The molecular formula is C19H23ClO6S2. The molecule has 2 aromatic carbocycles. The number of benzene rings is 2. The van der Waals surface area contributed by atoms with Crippen molar-refractivity contribution in [1.82, 2.24) is 0 Å². The summed E-state index contributed by atoms with van der Waals surface area (Å²) in [5, 5.41) is 0. The molecule has 28 heavy (non-hydrogen) atoms. The van der Waals surface area contributed by atoms with Crippen molar-refractivity contribution in [3.05, 3.63) is 65.7 Å². The normalized spacial score (nSPS) is 15.8. The summed E-state index contributed by atoms with van der Waals surface area (Å²) < 4.78 is 54.9. The van der Waals surface area contributed by atoms with Crippen molar-refractivity contribution in [3.63, 3.8) is 0 Å². The van der Waals surface area contributed by atoms with E-state index in [4.69, 9.17) is 19.6 Å². The fourth-order valence-corrected chi connectivity index (χ4v) is 4.20. The van der Waals surface area contributed by atoms with Crippen LogP contribution in [0.5, 0.6) is 0 Å². The quantitative estimate of drug-likeness (QED) is 0.498. The van der Waals surface area contributed by atoms with Crippen molar-refractivity contribution in [1.29, 1.82) is 0 Å². The first-order valence-corrected chi connectivity index (χ1v) is 12.4. The summed E-state index contributed by atoms with van der Waals surface area (Å²) in [7, 11) is -1.96. The highest BCUT2D eigenvalue weighted by molar-refractivity contribution is 8.13. The van der Waals surface area contributed by atoms with Gasteiger partial charge in [0.15, 0.2) is 0 Å². The Kier molecular flexibility index (Phi) is 7.64. The molecule has 0 bridgehead atoms. The Hall–Kier alpha value is -1.45. The van der Waals surface area contributed by atoms with Gasteiger partial charge in [0.25, 0.3) is 19.2 Å². The number of rotatable bonds is 6. The van der Waals surface area contributed by atoms with Gasteiger partial charge in [0.2, 0.25) is 0 Å². The Bertz CT molecular complexity index is 967. The average molecular weight is 447 g/mol. The standard InChI is InChI=1S/C12H16O4S.C7H7ClO2S/c1-12(8-15-9-12)10-16-17(13,14)7-11-5-3-2-4-6-11;1-6-2-4-7(5-3-6)11(8,9)10/h2-6H,7-10H2,1H3;2-5H,1H3. The number of aryl methyl sites for hydroxylation is 1. The van der Waals surface area contributed by atoms with Gasteiger partial charge in [-0.3, -0.25) is 4.18 Å². The maximum atomic E-state index is 11.7. The molecule has 0 aliphatic carbocycles. The molecule has 0 spiro atoms. The Morgan fingerprint density at radius 1 is 1.00 bits per heavy atom. The molecule has 2 aromatic rings. The zero-order valence-corrected chi connectivity index (χ0v) is 18.1. The number of hydrogen-bond acceptors (Lipinski definition) is 6. The summed E-state index contributed by atoms with van der Waals surface area (Å²) in [5.74, 6) is -0.0786. The maximum absolute atomic E-state index is 11.7. The van der Waals surface area contributed by atoms with Crippen LogP contribution >= 0.6 is 10.7 Å². The topological polar surface area (TPSA) is 86.7 Å². The molecule has 1 aliphatic rings. The van der Waals surface area contributed by atoms with Gasteiger partial charge in [-0.2, -0.15) is 8.42 Å². The second-order valence-electron chi connectivity index (χ2n) is 7.00. The Balaban J connectivity index is 0.000000221. The maximum Gasteiger partial charge on any atom is 0.271 e. The van der Waals surface area contributed by atoms with E-state index in [9.17, 15) is 16.8 Å². The lowest BCUT2D eigenvalue weighted by Gasteiger charge is -2.37. The second kappa shape index (κ2) is 9.37. The zero-order chi connectivity index (χ0) is 20.8. The monoisotopic (exact) mass is 446 g/mol. The van der Waals surface area contributed by atoms with Gasteiger partial charge < -0.3 is 4.74 Å². The highest BCUT2D eigenvalue weighted by atomic mass is 35.7. The van der Waals surface area contributed by atoms with E-state index in [1.807, 2.05) is 32.0 Å². The molecule has 0 N–H and O–H groups in total. The van der Waals surface area contributed by atoms with Gasteiger partial charge in [-0.1, -0.05) is 55.0 Å². The Morgan fingerprint density at radius 2 is 1.57 bits per heavy atom. The van der Waals surface area contributed by atoms with Crippen LogP contribution in [0.15, 0.2) is 59.5 Å². The lowest BCUT2D eigenvalue weighted by molar-refractivity contribution is -0.119. The van der Waals surface area contributed by atoms with Crippen LogP contribution in [0.4, 0.5) is 0 Å². The Morgan fingerprint density at radius 3 is 2.04 bits per heavy atom. The lowest BCUT2D eigenvalue weighted by Crippen LogP contribution is -2.44. The molecular weight excluding hydrogens is 424 g/mol. The first kappa shape index (κ1) is 22.8. The molecule has 1 heterocycles. The van der Waals surface area contributed by atoms with Crippen molar-refractivity contribution < 1.29 is 25.8 Å². The fraction of sp³-hybridized carbons (Fsp3) is 0.368. The molecule has 0 atom stereocenters. The van der Waals surface area contributed by atoms with E-state index in [2.05, 4.69) is 0 Å². The molecule has 0 amide bonds. The van der Waals surface area contributed by atoms with Gasteiger partial charge in [0.1, 0.15) is 5.75 Å². The van der Waals surface area contributed by atoms with Crippen LogP contribution in [0.1, 0.15) is 18.1 Å². The first-order chi connectivity index (χ1) is 13.0. The van der Waals surface area contributed by atoms with E-state index in [0.29, 0.717) is 13.2 Å². The third-order valence-corrected chi connectivity index (χ3v) is 6.51. The van der Waals surface area contributed by atoms with Crippen molar-refractivity contribution in [3.8, 4) is 0 Å². The highest BCUT2D eigenvalue weighted by Gasteiger charge is 2.35. The predicted octanol–water partition coefficient (Wildman–Crippen LogP) is 3.49. The van der Waals surface area contributed by atoms with E-state index >= 15 is 0 Å². The van der Waals surface area contributed by atoms with Gasteiger partial charge in [-0.25, -0.2) is 8.42 Å². The average Bonchev–Trinajstić information content (AvgIpc) is 2.59. The predicted molar refractivity (Wildman–Crippen MR) is 108 cm³/mol. The van der Waals surface area contributed by atoms with Crippen LogP contribution in [-0.4, -0.2) is 36.7 Å². The fourth-order valence-electron chi connectivity index (χ4n) is 2.29. The van der Waals surface area contributed by atoms with Crippen LogP contribution in [0.2, 0.25) is 0 Å². The van der Waals surface area contributed by atoms with Gasteiger partial charge in [0.05, 0.1) is 24.7 Å². The van der Waals surface area contributed by atoms with E-state index in [-0.39, 0.29) is 22.7 Å². The van der Waals surface area contributed by atoms with E-state index in [1.165, 1.54) is 12.1 Å². The van der Waals surface area contributed by atoms with Gasteiger partial charge in [-0.15, -0.1) is 0 Å². The van der Waals surface area contributed by atoms with Crippen LogP contribution in [0, 0.1) is 12.3 Å². The molecule has 1 saturated heterocycles. The minimum atomic E-state index is -3.55. The van der Waals surface area contributed by atoms with Gasteiger partial charge in [-0.05, 0) is 24.6 Å². The third kappa shape index (κ3) is 7.52. The minimum Gasteiger partial charge on any atom is -0.380 e. The summed E-state index contributed by atoms with van der Waals surface area (Å²) >= 11 is 0. The first-order valence-electron chi connectivity index (χ1n) is 8.49. The summed E-state index contributed by atoms with van der Waals surface area (Å²) in [6, 6.07) is 15.4. The number of ether oxygens (including phenoxy) is 1. The minimum absolute atomic E-state index is 0.0786. The SMILES string of the molecule is CC1(COS(=O)(=O)Cc2ccccc2)COC1.Cc1ccc(S(=O)(=O)Cl)cc1. The number of hydrogen-bond donors (Lipinski definition) is 0. The number of halogens is 1. The second-order valence-corrected chi connectivity index (χ2v) is 11.2.